The van der Waals surface area contributed by atoms with Gasteiger partial charge in [-0.15, -0.1) is 0 Å². The van der Waals surface area contributed by atoms with E-state index in [0.717, 1.165) is 5.39 Å². The largest absolute Gasteiger partial charge is 0.295 e. The standard InChI is InChI=1S/C14H8ClN3O2/c15-12-7-6-11(18(19)20)14(17-12)10-5-1-3-9-4-2-8-16-13(9)10/h1-8H. The number of nitrogens with zero attached hydrogens (tertiary/aromatic N) is 3. The summed E-state index contributed by atoms with van der Waals surface area (Å²) in [6.45, 7) is 0. The van der Waals surface area contributed by atoms with Crippen molar-refractivity contribution < 1.29 is 4.92 Å². The maximum atomic E-state index is 11.1. The van der Waals surface area contributed by atoms with Crippen LogP contribution in [-0.2, 0) is 0 Å². The summed E-state index contributed by atoms with van der Waals surface area (Å²) >= 11 is 5.87. The number of benzene rings is 1. The summed E-state index contributed by atoms with van der Waals surface area (Å²) in [4.78, 5) is 19.1. The lowest BCUT2D eigenvalue weighted by molar-refractivity contribution is -0.384. The molecule has 0 amide bonds. The van der Waals surface area contributed by atoms with Gasteiger partial charge in [0.05, 0.1) is 10.4 Å². The molecule has 6 heteroatoms. The molecule has 20 heavy (non-hydrogen) atoms. The van der Waals surface area contributed by atoms with E-state index in [1.165, 1.54) is 12.1 Å². The second-order valence-corrected chi connectivity index (χ2v) is 4.53. The zero-order valence-electron chi connectivity index (χ0n) is 10.2. The highest BCUT2D eigenvalue weighted by molar-refractivity contribution is 6.29. The number of nitro groups is 1. The Morgan fingerprint density at radius 1 is 1.10 bits per heavy atom. The summed E-state index contributed by atoms with van der Waals surface area (Å²) in [6.07, 6.45) is 1.64. The van der Waals surface area contributed by atoms with E-state index < -0.39 is 4.92 Å². The Hall–Kier alpha value is -2.53. The number of fused-ring (bicyclic) bond motifs is 1. The van der Waals surface area contributed by atoms with Crippen LogP contribution in [0.3, 0.4) is 0 Å². The minimum Gasteiger partial charge on any atom is -0.258 e. The van der Waals surface area contributed by atoms with Crippen LogP contribution in [0, 0.1) is 10.1 Å². The quantitative estimate of drug-likeness (QED) is 0.407. The van der Waals surface area contributed by atoms with Crippen molar-refractivity contribution in [1.82, 2.24) is 9.97 Å². The van der Waals surface area contributed by atoms with Gasteiger partial charge in [-0.25, -0.2) is 4.98 Å². The van der Waals surface area contributed by atoms with Gasteiger partial charge in [-0.3, -0.25) is 15.1 Å². The van der Waals surface area contributed by atoms with Crippen molar-refractivity contribution in [3.63, 3.8) is 0 Å². The third-order valence-corrected chi connectivity index (χ3v) is 3.14. The molecule has 0 saturated heterocycles. The van der Waals surface area contributed by atoms with E-state index in [2.05, 4.69) is 9.97 Å². The summed E-state index contributed by atoms with van der Waals surface area (Å²) in [5.74, 6) is 0. The average Bonchev–Trinajstić information content (AvgIpc) is 2.46. The second-order valence-electron chi connectivity index (χ2n) is 4.14. The van der Waals surface area contributed by atoms with Crippen molar-refractivity contribution in [2.24, 2.45) is 0 Å². The molecule has 3 rings (SSSR count). The van der Waals surface area contributed by atoms with Crippen LogP contribution >= 0.6 is 11.6 Å². The first kappa shape index (κ1) is 12.5. The van der Waals surface area contributed by atoms with Crippen molar-refractivity contribution in [3.8, 4) is 11.3 Å². The topological polar surface area (TPSA) is 68.9 Å². The van der Waals surface area contributed by atoms with E-state index in [-0.39, 0.29) is 16.5 Å². The molecule has 2 aromatic heterocycles. The van der Waals surface area contributed by atoms with Crippen LogP contribution in [0.25, 0.3) is 22.2 Å². The molecule has 3 aromatic rings. The van der Waals surface area contributed by atoms with Crippen LogP contribution in [0.15, 0.2) is 48.7 Å². The SMILES string of the molecule is O=[N+]([O-])c1ccc(Cl)nc1-c1cccc2cccnc12. The molecule has 5 nitrogen and oxygen atoms in total. The molecule has 2 heterocycles. The molecule has 0 unspecified atom stereocenters. The molecule has 0 aliphatic heterocycles. The summed E-state index contributed by atoms with van der Waals surface area (Å²) in [6, 6.07) is 11.9. The molecule has 1 aromatic carbocycles. The first-order valence-electron chi connectivity index (χ1n) is 5.82. The van der Waals surface area contributed by atoms with Crippen LogP contribution in [0.4, 0.5) is 5.69 Å². The van der Waals surface area contributed by atoms with Gasteiger partial charge in [0.2, 0.25) is 0 Å². The fraction of sp³-hybridized carbons (Fsp3) is 0. The minimum absolute atomic E-state index is 0.0902. The monoisotopic (exact) mass is 285 g/mol. The molecule has 0 N–H and O–H groups in total. The highest BCUT2D eigenvalue weighted by atomic mass is 35.5. The lowest BCUT2D eigenvalue weighted by Crippen LogP contribution is -1.96. The number of rotatable bonds is 2. The summed E-state index contributed by atoms with van der Waals surface area (Å²) in [5, 5.41) is 12.2. The van der Waals surface area contributed by atoms with Gasteiger partial charge in [-0.05, 0) is 12.1 Å². The molecule has 0 fully saturated rings. The summed E-state index contributed by atoms with van der Waals surface area (Å²) < 4.78 is 0. The van der Waals surface area contributed by atoms with Crippen molar-refractivity contribution in [3.05, 3.63) is 63.9 Å². The van der Waals surface area contributed by atoms with E-state index in [0.29, 0.717) is 11.1 Å². The van der Waals surface area contributed by atoms with Crippen LogP contribution in [-0.4, -0.2) is 14.9 Å². The number of pyridine rings is 2. The number of hydrogen-bond donors (Lipinski definition) is 0. The van der Waals surface area contributed by atoms with Gasteiger partial charge < -0.3 is 0 Å². The third-order valence-electron chi connectivity index (χ3n) is 2.92. The van der Waals surface area contributed by atoms with Crippen molar-refractivity contribution in [2.45, 2.75) is 0 Å². The number of aromatic nitrogens is 2. The van der Waals surface area contributed by atoms with E-state index in [9.17, 15) is 10.1 Å². The fourth-order valence-electron chi connectivity index (χ4n) is 2.07. The normalized spacial score (nSPS) is 10.7. The molecule has 0 atom stereocenters. The van der Waals surface area contributed by atoms with Crippen molar-refractivity contribution >= 4 is 28.2 Å². The fourth-order valence-corrected chi connectivity index (χ4v) is 2.22. The molecule has 0 bridgehead atoms. The van der Waals surface area contributed by atoms with E-state index >= 15 is 0 Å². The summed E-state index contributed by atoms with van der Waals surface area (Å²) in [7, 11) is 0. The minimum atomic E-state index is -0.472. The highest BCUT2D eigenvalue weighted by Gasteiger charge is 2.19. The van der Waals surface area contributed by atoms with Crippen molar-refractivity contribution in [2.75, 3.05) is 0 Å². The second kappa shape index (κ2) is 4.86. The first-order chi connectivity index (χ1) is 9.66. The maximum Gasteiger partial charge on any atom is 0.295 e. The Labute approximate surface area is 119 Å². The van der Waals surface area contributed by atoms with Crippen molar-refractivity contribution in [1.29, 1.82) is 0 Å². The summed E-state index contributed by atoms with van der Waals surface area (Å²) in [5.41, 5.74) is 1.39. The first-order valence-corrected chi connectivity index (χ1v) is 6.19. The predicted molar refractivity (Wildman–Crippen MR) is 76.6 cm³/mol. The van der Waals surface area contributed by atoms with Gasteiger partial charge in [-0.1, -0.05) is 35.9 Å². The Kier molecular flexibility index (Phi) is 3.04. The zero-order chi connectivity index (χ0) is 14.1. The van der Waals surface area contributed by atoms with E-state index in [1.807, 2.05) is 24.3 Å². The van der Waals surface area contributed by atoms with Crippen LogP contribution in [0.1, 0.15) is 0 Å². The Morgan fingerprint density at radius 2 is 1.90 bits per heavy atom. The molecular formula is C14H8ClN3O2. The number of halogens is 1. The lowest BCUT2D eigenvalue weighted by atomic mass is 10.1. The average molecular weight is 286 g/mol. The van der Waals surface area contributed by atoms with E-state index in [1.54, 1.807) is 12.3 Å². The Balaban J connectivity index is 2.36. The number of para-hydroxylation sites is 1. The molecule has 98 valence electrons. The molecule has 0 aliphatic rings. The lowest BCUT2D eigenvalue weighted by Gasteiger charge is -2.06. The molecule has 0 saturated carbocycles. The molecule has 0 spiro atoms. The smallest absolute Gasteiger partial charge is 0.258 e. The van der Waals surface area contributed by atoms with Crippen LogP contribution in [0.2, 0.25) is 5.15 Å². The Morgan fingerprint density at radius 3 is 2.70 bits per heavy atom. The van der Waals surface area contributed by atoms with Gasteiger partial charge in [0.1, 0.15) is 5.15 Å². The molecule has 0 radical (unpaired) electrons. The van der Waals surface area contributed by atoms with Crippen LogP contribution in [0.5, 0.6) is 0 Å². The van der Waals surface area contributed by atoms with Gasteiger partial charge >= 0.3 is 0 Å². The number of hydrogen-bond acceptors (Lipinski definition) is 4. The predicted octanol–water partition coefficient (Wildman–Crippen LogP) is 3.86. The van der Waals surface area contributed by atoms with Gasteiger partial charge in [0.25, 0.3) is 5.69 Å². The van der Waals surface area contributed by atoms with Gasteiger partial charge in [0.15, 0.2) is 5.69 Å². The van der Waals surface area contributed by atoms with E-state index in [4.69, 9.17) is 11.6 Å². The van der Waals surface area contributed by atoms with Crippen LogP contribution < -0.4 is 0 Å². The third kappa shape index (κ3) is 2.08. The molecule has 0 aliphatic carbocycles. The Bertz CT molecular complexity index is 815. The maximum absolute atomic E-state index is 11.1. The molecular weight excluding hydrogens is 278 g/mol. The van der Waals surface area contributed by atoms with Gasteiger partial charge in [-0.2, -0.15) is 0 Å². The highest BCUT2D eigenvalue weighted by Crippen LogP contribution is 2.33. The van der Waals surface area contributed by atoms with Gasteiger partial charge in [0, 0.05) is 23.2 Å². The zero-order valence-corrected chi connectivity index (χ0v) is 10.9.